The summed E-state index contributed by atoms with van der Waals surface area (Å²) in [5.41, 5.74) is 0. The minimum atomic E-state index is 0.697. The number of hydrogen-bond acceptors (Lipinski definition) is 3. The largest absolute Gasteiger partial charge is 0.493 e. The summed E-state index contributed by atoms with van der Waals surface area (Å²) < 4.78 is 11.0. The van der Waals surface area contributed by atoms with Gasteiger partial charge in [0.05, 0.1) is 7.11 Å². The summed E-state index contributed by atoms with van der Waals surface area (Å²) in [5.74, 6) is 4.61. The zero-order chi connectivity index (χ0) is 13.8. The number of ether oxygens (including phenoxy) is 2. The highest BCUT2D eigenvalue weighted by molar-refractivity contribution is 5.39. The molecule has 3 nitrogen and oxygen atoms in total. The molecule has 1 aromatic rings. The Morgan fingerprint density at radius 3 is 2.35 bits per heavy atom. The Hall–Kier alpha value is -1.22. The molecule has 2 fully saturated rings. The van der Waals surface area contributed by atoms with Gasteiger partial charge in [-0.05, 0) is 62.1 Å². The van der Waals surface area contributed by atoms with E-state index in [1.54, 1.807) is 7.11 Å². The minimum absolute atomic E-state index is 0.697. The highest BCUT2D eigenvalue weighted by Gasteiger charge is 2.40. The molecule has 0 aromatic heterocycles. The standard InChI is InChI=1S/C17H25NO2/c1-19-16-4-2-3-5-17(16)20-11-10-18-12-15(13-6-7-13)14-8-9-14/h2-5,13-15,18H,6-12H2,1H3. The third kappa shape index (κ3) is 3.66. The van der Waals surface area contributed by atoms with Gasteiger partial charge >= 0.3 is 0 Å². The maximum atomic E-state index is 5.77. The Kier molecular flexibility index (Phi) is 4.46. The molecular weight excluding hydrogens is 250 g/mol. The zero-order valence-electron chi connectivity index (χ0n) is 12.3. The van der Waals surface area contributed by atoms with Crippen LogP contribution in [0.1, 0.15) is 25.7 Å². The van der Waals surface area contributed by atoms with Crippen LogP contribution in [-0.4, -0.2) is 26.8 Å². The van der Waals surface area contributed by atoms with Crippen molar-refractivity contribution in [3.05, 3.63) is 24.3 Å². The van der Waals surface area contributed by atoms with Crippen molar-refractivity contribution in [3.63, 3.8) is 0 Å². The molecule has 0 saturated heterocycles. The van der Waals surface area contributed by atoms with E-state index in [4.69, 9.17) is 9.47 Å². The van der Waals surface area contributed by atoms with Crippen LogP contribution in [-0.2, 0) is 0 Å². The summed E-state index contributed by atoms with van der Waals surface area (Å²) in [6, 6.07) is 7.82. The average Bonchev–Trinajstić information content (AvgIpc) is 3.36. The van der Waals surface area contributed by atoms with Crippen LogP contribution < -0.4 is 14.8 Å². The van der Waals surface area contributed by atoms with Crippen molar-refractivity contribution in [2.45, 2.75) is 25.7 Å². The third-order valence-corrected chi connectivity index (χ3v) is 4.44. The second-order valence-corrected chi connectivity index (χ2v) is 6.04. The molecule has 1 aromatic carbocycles. The summed E-state index contributed by atoms with van der Waals surface area (Å²) in [6.45, 7) is 2.78. The first kappa shape index (κ1) is 13.7. The third-order valence-electron chi connectivity index (χ3n) is 4.44. The van der Waals surface area contributed by atoms with Crippen LogP contribution in [0.5, 0.6) is 11.5 Å². The number of nitrogens with one attached hydrogen (secondary N) is 1. The Bertz CT molecular complexity index is 415. The van der Waals surface area contributed by atoms with Gasteiger partial charge in [0.2, 0.25) is 0 Å². The maximum absolute atomic E-state index is 5.77. The van der Waals surface area contributed by atoms with E-state index in [9.17, 15) is 0 Å². The fourth-order valence-electron chi connectivity index (χ4n) is 3.01. The van der Waals surface area contributed by atoms with Crippen LogP contribution >= 0.6 is 0 Å². The molecule has 20 heavy (non-hydrogen) atoms. The average molecular weight is 275 g/mol. The summed E-state index contributed by atoms with van der Waals surface area (Å²) >= 11 is 0. The van der Waals surface area contributed by atoms with Gasteiger partial charge in [-0.3, -0.25) is 0 Å². The highest BCUT2D eigenvalue weighted by atomic mass is 16.5. The minimum Gasteiger partial charge on any atom is -0.493 e. The quantitative estimate of drug-likeness (QED) is 0.702. The number of benzene rings is 1. The Labute approximate surface area is 121 Å². The molecule has 0 spiro atoms. The topological polar surface area (TPSA) is 30.5 Å². The number of para-hydroxylation sites is 2. The highest BCUT2D eigenvalue weighted by Crippen LogP contribution is 2.48. The number of methoxy groups -OCH3 is 1. The van der Waals surface area contributed by atoms with Crippen molar-refractivity contribution < 1.29 is 9.47 Å². The summed E-state index contributed by atoms with van der Waals surface area (Å²) in [4.78, 5) is 0. The van der Waals surface area contributed by atoms with E-state index in [0.29, 0.717) is 6.61 Å². The van der Waals surface area contributed by atoms with Gasteiger partial charge in [-0.25, -0.2) is 0 Å². The lowest BCUT2D eigenvalue weighted by molar-refractivity contribution is 0.283. The van der Waals surface area contributed by atoms with Crippen molar-refractivity contribution in [2.75, 3.05) is 26.8 Å². The van der Waals surface area contributed by atoms with Gasteiger partial charge < -0.3 is 14.8 Å². The van der Waals surface area contributed by atoms with Gasteiger partial charge in [-0.1, -0.05) is 12.1 Å². The molecular formula is C17H25NO2. The fourth-order valence-corrected chi connectivity index (χ4v) is 3.01. The molecule has 0 heterocycles. The van der Waals surface area contributed by atoms with Crippen molar-refractivity contribution in [2.24, 2.45) is 17.8 Å². The van der Waals surface area contributed by atoms with Crippen LogP contribution in [0, 0.1) is 17.8 Å². The second kappa shape index (κ2) is 6.49. The van der Waals surface area contributed by atoms with Crippen LogP contribution in [0.2, 0.25) is 0 Å². The van der Waals surface area contributed by atoms with E-state index < -0.39 is 0 Å². The summed E-state index contributed by atoms with van der Waals surface area (Å²) in [7, 11) is 1.68. The second-order valence-electron chi connectivity index (χ2n) is 6.04. The SMILES string of the molecule is COc1ccccc1OCCNCC(C1CC1)C1CC1. The molecule has 0 bridgehead atoms. The van der Waals surface area contributed by atoms with Gasteiger partial charge in [0, 0.05) is 6.54 Å². The lowest BCUT2D eigenvalue weighted by atomic mass is 9.98. The van der Waals surface area contributed by atoms with Gasteiger partial charge in [-0.15, -0.1) is 0 Å². The molecule has 3 rings (SSSR count). The molecule has 0 aliphatic heterocycles. The van der Waals surface area contributed by atoms with Gasteiger partial charge in [0.25, 0.3) is 0 Å². The number of rotatable bonds is 9. The normalized spacial score (nSPS) is 18.3. The van der Waals surface area contributed by atoms with E-state index in [-0.39, 0.29) is 0 Å². The molecule has 1 N–H and O–H groups in total. The van der Waals surface area contributed by atoms with Crippen molar-refractivity contribution >= 4 is 0 Å². The fraction of sp³-hybridized carbons (Fsp3) is 0.647. The Morgan fingerprint density at radius 2 is 1.75 bits per heavy atom. The van der Waals surface area contributed by atoms with Crippen LogP contribution in [0.25, 0.3) is 0 Å². The maximum Gasteiger partial charge on any atom is 0.161 e. The monoisotopic (exact) mass is 275 g/mol. The molecule has 110 valence electrons. The van der Waals surface area contributed by atoms with E-state index in [1.807, 2.05) is 24.3 Å². The first-order valence-electron chi connectivity index (χ1n) is 7.85. The van der Waals surface area contributed by atoms with E-state index >= 15 is 0 Å². The molecule has 3 heteroatoms. The van der Waals surface area contributed by atoms with Crippen molar-refractivity contribution in [1.82, 2.24) is 5.32 Å². The Balaban J connectivity index is 1.35. The van der Waals surface area contributed by atoms with Crippen LogP contribution in [0.3, 0.4) is 0 Å². The molecule has 0 amide bonds. The van der Waals surface area contributed by atoms with E-state index in [1.165, 1.54) is 32.2 Å². The van der Waals surface area contributed by atoms with Crippen molar-refractivity contribution in [1.29, 1.82) is 0 Å². The van der Waals surface area contributed by atoms with Gasteiger partial charge in [0.1, 0.15) is 6.61 Å². The molecule has 2 saturated carbocycles. The molecule has 0 radical (unpaired) electrons. The van der Waals surface area contributed by atoms with Gasteiger partial charge in [-0.2, -0.15) is 0 Å². The molecule has 2 aliphatic rings. The van der Waals surface area contributed by atoms with Crippen LogP contribution in [0.15, 0.2) is 24.3 Å². The van der Waals surface area contributed by atoms with E-state index in [0.717, 1.165) is 35.8 Å². The van der Waals surface area contributed by atoms with Gasteiger partial charge in [0.15, 0.2) is 11.5 Å². The Morgan fingerprint density at radius 1 is 1.10 bits per heavy atom. The molecule has 2 aliphatic carbocycles. The summed E-state index contributed by atoms with van der Waals surface area (Å²) in [6.07, 6.45) is 5.84. The summed E-state index contributed by atoms with van der Waals surface area (Å²) in [5, 5.41) is 3.57. The zero-order valence-corrected chi connectivity index (χ0v) is 12.3. The lowest BCUT2D eigenvalue weighted by Crippen LogP contribution is -2.29. The first-order chi connectivity index (χ1) is 9.88. The smallest absolute Gasteiger partial charge is 0.161 e. The predicted molar refractivity (Wildman–Crippen MR) is 80.3 cm³/mol. The molecule has 0 unspecified atom stereocenters. The number of hydrogen-bond donors (Lipinski definition) is 1. The van der Waals surface area contributed by atoms with Crippen LogP contribution in [0.4, 0.5) is 0 Å². The lowest BCUT2D eigenvalue weighted by Gasteiger charge is -2.16. The predicted octanol–water partition coefficient (Wildman–Crippen LogP) is 3.10. The first-order valence-corrected chi connectivity index (χ1v) is 7.85. The van der Waals surface area contributed by atoms with Crippen molar-refractivity contribution in [3.8, 4) is 11.5 Å². The van der Waals surface area contributed by atoms with E-state index in [2.05, 4.69) is 5.32 Å². The molecule has 0 atom stereocenters.